The summed E-state index contributed by atoms with van der Waals surface area (Å²) in [5.74, 6) is -3.88. The number of hydrogen-bond donors (Lipinski definition) is 0. The Labute approximate surface area is 270 Å². The van der Waals surface area contributed by atoms with Crippen LogP contribution in [0.15, 0.2) is 36.8 Å². The van der Waals surface area contributed by atoms with Crippen molar-refractivity contribution in [3.05, 3.63) is 65.0 Å². The maximum atomic E-state index is 16.6. The van der Waals surface area contributed by atoms with Gasteiger partial charge in [0.1, 0.15) is 35.8 Å². The summed E-state index contributed by atoms with van der Waals surface area (Å²) in [7, 11) is 0. The van der Waals surface area contributed by atoms with Crippen LogP contribution < -0.4 is 9.64 Å². The monoisotopic (exact) mass is 669 g/mol. The Bertz CT molecular complexity index is 1970. The number of aromatic nitrogens is 3. The van der Waals surface area contributed by atoms with Crippen LogP contribution in [0.3, 0.4) is 0 Å². The van der Waals surface area contributed by atoms with E-state index in [-0.39, 0.29) is 83.3 Å². The van der Waals surface area contributed by atoms with Crippen molar-refractivity contribution in [3.63, 3.8) is 0 Å². The molecule has 47 heavy (non-hydrogen) atoms. The number of benzene rings is 1. The first-order valence-corrected chi connectivity index (χ1v) is 15.9. The maximum Gasteiger partial charge on any atom is 0.319 e. The van der Waals surface area contributed by atoms with Crippen molar-refractivity contribution >= 4 is 44.1 Å². The molecule has 0 unspecified atom stereocenters. The molecule has 0 saturated carbocycles. The standard InChI is InChI=1S/C32H28F5N7O2S/c1-17(33)30(45)44-10-9-42(15-19(44)12-38-2)29-21-13-39-26(20-5-3-6-22-23(20)24(35)28(37)47-22)25(36)27(21)40-31(41-29)46-16-32-7-4-8-43(32)14-18(34)11-32/h3,5-6,13,18-19H,1,4,7-12,14-16H2/t18-,19+,32+/m1/s1. The smallest absolute Gasteiger partial charge is 0.319 e. The molecular formula is C32H28F5N7O2S. The number of ether oxygens (including phenoxy) is 1. The van der Waals surface area contributed by atoms with Crippen LogP contribution in [-0.4, -0.2) is 94.3 Å². The van der Waals surface area contributed by atoms with Gasteiger partial charge in [-0.05, 0) is 25.5 Å². The summed E-state index contributed by atoms with van der Waals surface area (Å²) in [5, 5.41) is -0.963. The van der Waals surface area contributed by atoms with E-state index in [4.69, 9.17) is 11.3 Å². The van der Waals surface area contributed by atoms with Gasteiger partial charge in [-0.2, -0.15) is 14.4 Å². The van der Waals surface area contributed by atoms with E-state index in [1.165, 1.54) is 23.2 Å². The molecule has 0 spiro atoms. The summed E-state index contributed by atoms with van der Waals surface area (Å²) in [6, 6.07) is 3.61. The number of piperazine rings is 1. The van der Waals surface area contributed by atoms with Gasteiger partial charge < -0.3 is 19.4 Å². The van der Waals surface area contributed by atoms with Crippen LogP contribution in [0.4, 0.5) is 27.8 Å². The second-order valence-electron chi connectivity index (χ2n) is 12.1. The van der Waals surface area contributed by atoms with Crippen molar-refractivity contribution < 1.29 is 31.5 Å². The minimum atomic E-state index is -1.14. The lowest BCUT2D eigenvalue weighted by molar-refractivity contribution is -0.131. The van der Waals surface area contributed by atoms with Crippen LogP contribution in [-0.2, 0) is 4.79 Å². The molecule has 1 aromatic carbocycles. The first-order valence-electron chi connectivity index (χ1n) is 15.1. The number of carbonyl (C=O) groups excluding carboxylic acids is 1. The van der Waals surface area contributed by atoms with Crippen molar-refractivity contribution in [1.82, 2.24) is 24.8 Å². The average molecular weight is 670 g/mol. The second kappa shape index (κ2) is 12.0. The van der Waals surface area contributed by atoms with Crippen LogP contribution in [0.1, 0.15) is 19.3 Å². The van der Waals surface area contributed by atoms with E-state index < -0.39 is 46.3 Å². The molecule has 3 aliphatic rings. The predicted molar refractivity (Wildman–Crippen MR) is 166 cm³/mol. The second-order valence-corrected chi connectivity index (χ2v) is 13.1. The highest BCUT2D eigenvalue weighted by Crippen LogP contribution is 2.42. The Hall–Kier alpha value is -4.42. The normalized spacial score (nSPS) is 23.0. The zero-order valence-corrected chi connectivity index (χ0v) is 25.8. The van der Waals surface area contributed by atoms with E-state index in [0.29, 0.717) is 17.9 Å². The molecule has 3 saturated heterocycles. The first kappa shape index (κ1) is 31.2. The minimum Gasteiger partial charge on any atom is -0.461 e. The summed E-state index contributed by atoms with van der Waals surface area (Å²) < 4.78 is 80.3. The molecule has 0 N–H and O–H groups in total. The number of halogens is 5. The van der Waals surface area contributed by atoms with E-state index in [1.54, 1.807) is 11.0 Å². The number of fused-ring (bicyclic) bond motifs is 3. The molecule has 0 radical (unpaired) electrons. The molecule has 4 aromatic rings. The lowest BCUT2D eigenvalue weighted by Gasteiger charge is -2.39. The molecule has 9 nitrogen and oxygen atoms in total. The molecule has 3 atom stereocenters. The Morgan fingerprint density at radius 3 is 2.79 bits per heavy atom. The molecule has 244 valence electrons. The van der Waals surface area contributed by atoms with Crippen LogP contribution in [0, 0.1) is 23.3 Å². The Kier molecular flexibility index (Phi) is 7.96. The van der Waals surface area contributed by atoms with E-state index >= 15 is 4.39 Å². The lowest BCUT2D eigenvalue weighted by Crippen LogP contribution is -2.56. The molecule has 15 heteroatoms. The summed E-state index contributed by atoms with van der Waals surface area (Å²) in [5.41, 5.74) is -0.957. The molecule has 3 fully saturated rings. The quantitative estimate of drug-likeness (QED) is 0.142. The number of anilines is 1. The largest absolute Gasteiger partial charge is 0.461 e. The first-order chi connectivity index (χ1) is 22.6. The third kappa shape index (κ3) is 5.33. The van der Waals surface area contributed by atoms with E-state index in [0.717, 1.165) is 19.4 Å². The molecule has 0 bridgehead atoms. The van der Waals surface area contributed by atoms with Crippen molar-refractivity contribution in [2.24, 2.45) is 0 Å². The van der Waals surface area contributed by atoms with E-state index in [9.17, 15) is 22.4 Å². The number of alkyl halides is 1. The van der Waals surface area contributed by atoms with Gasteiger partial charge in [0, 0.05) is 54.4 Å². The Balaban J connectivity index is 1.33. The highest BCUT2D eigenvalue weighted by atomic mass is 32.1. The van der Waals surface area contributed by atoms with Gasteiger partial charge in [-0.25, -0.2) is 24.1 Å². The fraction of sp³-hybridized carbons (Fsp3) is 0.406. The van der Waals surface area contributed by atoms with Gasteiger partial charge >= 0.3 is 6.01 Å². The molecule has 7 rings (SSSR count). The van der Waals surface area contributed by atoms with Gasteiger partial charge in [-0.3, -0.25) is 14.7 Å². The average Bonchev–Trinajstić information content (AvgIpc) is 3.68. The van der Waals surface area contributed by atoms with Crippen LogP contribution in [0.2, 0.25) is 0 Å². The highest BCUT2D eigenvalue weighted by Gasteiger charge is 2.49. The summed E-state index contributed by atoms with van der Waals surface area (Å²) in [6.45, 7) is 11.7. The summed E-state index contributed by atoms with van der Waals surface area (Å²) in [6.07, 6.45) is 2.22. The lowest BCUT2D eigenvalue weighted by atomic mass is 9.95. The van der Waals surface area contributed by atoms with Crippen molar-refractivity contribution in [2.75, 3.05) is 50.8 Å². The third-order valence-electron chi connectivity index (χ3n) is 9.32. The van der Waals surface area contributed by atoms with E-state index in [2.05, 4.69) is 31.3 Å². The number of amides is 1. The zero-order valence-electron chi connectivity index (χ0n) is 25.0. The SMILES string of the molecule is [C-]#[N+]C[C@H]1CN(c2nc(OC[C@@]34CCCN3C[C@H](F)C4)nc3c(F)c(-c4cccc5sc(F)c(F)c45)ncc23)CCN1C(=O)C(=C)F. The number of thiophene rings is 1. The van der Waals surface area contributed by atoms with Crippen LogP contribution in [0.5, 0.6) is 6.01 Å². The van der Waals surface area contributed by atoms with Gasteiger partial charge in [-0.15, -0.1) is 11.3 Å². The fourth-order valence-electron chi connectivity index (χ4n) is 7.17. The Morgan fingerprint density at radius 1 is 1.17 bits per heavy atom. The number of rotatable bonds is 7. The summed E-state index contributed by atoms with van der Waals surface area (Å²) >= 11 is 0.602. The van der Waals surface area contributed by atoms with Gasteiger partial charge in [0.25, 0.3) is 5.91 Å². The topological polar surface area (TPSA) is 79.1 Å². The van der Waals surface area contributed by atoms with Gasteiger partial charge in [0.2, 0.25) is 11.7 Å². The number of pyridine rings is 1. The predicted octanol–water partition coefficient (Wildman–Crippen LogP) is 5.70. The number of carbonyl (C=O) groups is 1. The zero-order chi connectivity index (χ0) is 33.0. The molecule has 3 aromatic heterocycles. The van der Waals surface area contributed by atoms with Crippen molar-refractivity contribution in [3.8, 4) is 17.3 Å². The number of nitrogens with zero attached hydrogens (tertiary/aromatic N) is 7. The minimum absolute atomic E-state index is 0.0264. The molecule has 1 amide bonds. The third-order valence-corrected chi connectivity index (χ3v) is 10.2. The molecule has 3 aliphatic heterocycles. The fourth-order valence-corrected chi connectivity index (χ4v) is 8.01. The highest BCUT2D eigenvalue weighted by molar-refractivity contribution is 7.17. The molecule has 6 heterocycles. The molecular weight excluding hydrogens is 641 g/mol. The maximum absolute atomic E-state index is 16.6. The molecule has 0 aliphatic carbocycles. The van der Waals surface area contributed by atoms with Crippen LogP contribution >= 0.6 is 11.3 Å². The summed E-state index contributed by atoms with van der Waals surface area (Å²) in [4.78, 5) is 34.3. The Morgan fingerprint density at radius 2 is 2.00 bits per heavy atom. The van der Waals surface area contributed by atoms with Gasteiger partial charge in [-0.1, -0.05) is 18.7 Å². The van der Waals surface area contributed by atoms with Gasteiger partial charge in [0.15, 0.2) is 17.5 Å². The van der Waals surface area contributed by atoms with Gasteiger partial charge in [0.05, 0.1) is 10.9 Å². The van der Waals surface area contributed by atoms with Crippen molar-refractivity contribution in [2.45, 2.75) is 37.0 Å². The number of hydrogen-bond acceptors (Lipinski definition) is 8. The van der Waals surface area contributed by atoms with Crippen molar-refractivity contribution in [1.29, 1.82) is 0 Å². The van der Waals surface area contributed by atoms with E-state index in [1.807, 2.05) is 0 Å². The van der Waals surface area contributed by atoms with Crippen LogP contribution in [0.25, 0.3) is 37.1 Å².